The number of hydrogen-bond acceptors (Lipinski definition) is 4. The molecule has 152 valence electrons. The summed E-state index contributed by atoms with van der Waals surface area (Å²) in [6, 6.07) is 21.8. The highest BCUT2D eigenvalue weighted by molar-refractivity contribution is 6.39. The van der Waals surface area contributed by atoms with E-state index in [1.165, 1.54) is 11.8 Å². The monoisotopic (exact) mass is 421 g/mol. The third kappa shape index (κ3) is 6.46. The number of hydrogen-bond donors (Lipinski definition) is 2. The van der Waals surface area contributed by atoms with Crippen LogP contribution in [0.1, 0.15) is 16.7 Å². The maximum atomic E-state index is 11.9. The highest BCUT2D eigenvalue weighted by atomic mass is 35.5. The largest absolute Gasteiger partial charge is 0.489 e. The zero-order valence-corrected chi connectivity index (χ0v) is 17.0. The lowest BCUT2D eigenvalue weighted by molar-refractivity contribution is -0.136. The summed E-state index contributed by atoms with van der Waals surface area (Å²) in [4.78, 5) is 23.8. The van der Waals surface area contributed by atoms with Crippen LogP contribution in [0, 0.1) is 6.92 Å². The summed E-state index contributed by atoms with van der Waals surface area (Å²) in [7, 11) is 0. The van der Waals surface area contributed by atoms with Gasteiger partial charge in [-0.05, 0) is 54.4 Å². The first-order valence-corrected chi connectivity index (χ1v) is 9.56. The molecule has 6 nitrogen and oxygen atoms in total. The van der Waals surface area contributed by atoms with Crippen molar-refractivity contribution in [1.82, 2.24) is 5.43 Å². The number of halogens is 1. The Morgan fingerprint density at radius 3 is 2.47 bits per heavy atom. The molecule has 0 aliphatic carbocycles. The van der Waals surface area contributed by atoms with Gasteiger partial charge in [0.05, 0.1) is 6.21 Å². The van der Waals surface area contributed by atoms with Gasteiger partial charge in [-0.3, -0.25) is 9.59 Å². The van der Waals surface area contributed by atoms with Gasteiger partial charge < -0.3 is 10.1 Å². The average Bonchev–Trinajstić information content (AvgIpc) is 2.75. The molecule has 0 aliphatic rings. The Morgan fingerprint density at radius 1 is 1.00 bits per heavy atom. The minimum atomic E-state index is -0.882. The molecule has 0 aliphatic heterocycles. The fourth-order valence-electron chi connectivity index (χ4n) is 2.47. The molecule has 30 heavy (non-hydrogen) atoms. The van der Waals surface area contributed by atoms with Gasteiger partial charge in [0, 0.05) is 10.7 Å². The molecule has 2 amide bonds. The SMILES string of the molecule is Cc1ccc(COc2cccc(C=NNC(=O)C(=O)Nc3ccc(Cl)cc3)c2)cc1. The molecule has 0 aromatic heterocycles. The summed E-state index contributed by atoms with van der Waals surface area (Å²) in [6.45, 7) is 2.48. The Kier molecular flexibility index (Phi) is 7.19. The summed E-state index contributed by atoms with van der Waals surface area (Å²) in [5.41, 5.74) is 5.64. The van der Waals surface area contributed by atoms with E-state index in [9.17, 15) is 9.59 Å². The number of amides is 2. The normalized spacial score (nSPS) is 10.6. The number of carbonyl (C=O) groups excluding carboxylic acids is 2. The van der Waals surface area contributed by atoms with Crippen LogP contribution in [0.2, 0.25) is 5.02 Å². The second-order valence-corrected chi connectivity index (χ2v) is 6.94. The van der Waals surface area contributed by atoms with E-state index in [1.54, 1.807) is 30.3 Å². The first kappa shape index (κ1) is 21.1. The van der Waals surface area contributed by atoms with Gasteiger partial charge in [0.15, 0.2) is 0 Å². The number of nitrogens with zero attached hydrogens (tertiary/aromatic N) is 1. The van der Waals surface area contributed by atoms with E-state index in [1.807, 2.05) is 49.4 Å². The maximum Gasteiger partial charge on any atom is 0.329 e. The second-order valence-electron chi connectivity index (χ2n) is 6.51. The zero-order valence-electron chi connectivity index (χ0n) is 16.3. The summed E-state index contributed by atoms with van der Waals surface area (Å²) < 4.78 is 5.79. The van der Waals surface area contributed by atoms with Gasteiger partial charge in [-0.2, -0.15) is 5.10 Å². The van der Waals surface area contributed by atoms with Crippen LogP contribution in [0.25, 0.3) is 0 Å². The van der Waals surface area contributed by atoms with Crippen LogP contribution in [-0.4, -0.2) is 18.0 Å². The number of anilines is 1. The van der Waals surface area contributed by atoms with Crippen molar-refractivity contribution in [2.75, 3.05) is 5.32 Å². The Bertz CT molecular complexity index is 1050. The Labute approximate surface area is 179 Å². The predicted molar refractivity (Wildman–Crippen MR) is 118 cm³/mol. The molecule has 0 atom stereocenters. The second kappa shape index (κ2) is 10.2. The van der Waals surface area contributed by atoms with Crippen molar-refractivity contribution in [3.8, 4) is 5.75 Å². The molecule has 3 aromatic rings. The van der Waals surface area contributed by atoms with Gasteiger partial charge >= 0.3 is 11.8 Å². The maximum absolute atomic E-state index is 11.9. The lowest BCUT2D eigenvalue weighted by Crippen LogP contribution is -2.32. The van der Waals surface area contributed by atoms with Crippen molar-refractivity contribution >= 4 is 35.3 Å². The van der Waals surface area contributed by atoms with E-state index in [0.717, 1.165) is 11.1 Å². The number of carbonyl (C=O) groups is 2. The third-order valence-electron chi connectivity index (χ3n) is 4.07. The van der Waals surface area contributed by atoms with Crippen LogP contribution in [0.5, 0.6) is 5.75 Å². The number of benzene rings is 3. The fraction of sp³-hybridized carbons (Fsp3) is 0.0870. The number of aryl methyl sites for hydroxylation is 1. The lowest BCUT2D eigenvalue weighted by Gasteiger charge is -2.07. The molecule has 0 radical (unpaired) electrons. The molecular weight excluding hydrogens is 402 g/mol. The molecule has 7 heteroatoms. The number of hydrazone groups is 1. The van der Waals surface area contributed by atoms with Crippen LogP contribution in [0.3, 0.4) is 0 Å². The molecule has 3 aromatic carbocycles. The number of rotatable bonds is 6. The van der Waals surface area contributed by atoms with Crippen molar-refractivity contribution in [1.29, 1.82) is 0 Å². The Morgan fingerprint density at radius 2 is 1.73 bits per heavy atom. The summed E-state index contributed by atoms with van der Waals surface area (Å²) in [5.74, 6) is -1.04. The van der Waals surface area contributed by atoms with Gasteiger partial charge in [-0.1, -0.05) is 53.6 Å². The van der Waals surface area contributed by atoms with E-state index in [2.05, 4.69) is 15.8 Å². The smallest absolute Gasteiger partial charge is 0.329 e. The van der Waals surface area contributed by atoms with E-state index in [-0.39, 0.29) is 0 Å². The van der Waals surface area contributed by atoms with Crippen LogP contribution in [-0.2, 0) is 16.2 Å². The Hall–Kier alpha value is -3.64. The average molecular weight is 422 g/mol. The summed E-state index contributed by atoms with van der Waals surface area (Å²) >= 11 is 5.79. The van der Waals surface area contributed by atoms with Crippen molar-refractivity contribution in [3.05, 3.63) is 94.5 Å². The lowest BCUT2D eigenvalue weighted by atomic mass is 10.2. The molecule has 0 saturated carbocycles. The predicted octanol–water partition coefficient (Wildman–Crippen LogP) is 4.32. The van der Waals surface area contributed by atoms with Crippen LogP contribution in [0.15, 0.2) is 77.9 Å². The van der Waals surface area contributed by atoms with Crippen LogP contribution in [0.4, 0.5) is 5.69 Å². The van der Waals surface area contributed by atoms with E-state index >= 15 is 0 Å². The molecule has 3 rings (SSSR count). The molecule has 2 N–H and O–H groups in total. The highest BCUT2D eigenvalue weighted by Gasteiger charge is 2.12. The third-order valence-corrected chi connectivity index (χ3v) is 4.32. The number of nitrogens with one attached hydrogen (secondary N) is 2. The number of ether oxygens (including phenoxy) is 1. The summed E-state index contributed by atoms with van der Waals surface area (Å²) in [5, 5.41) is 6.82. The molecule has 0 fully saturated rings. The van der Waals surface area contributed by atoms with Gasteiger partial charge in [-0.15, -0.1) is 0 Å². The van der Waals surface area contributed by atoms with Gasteiger partial charge in [0.2, 0.25) is 0 Å². The minimum absolute atomic E-state index is 0.447. The van der Waals surface area contributed by atoms with Crippen LogP contribution < -0.4 is 15.5 Å². The van der Waals surface area contributed by atoms with E-state index < -0.39 is 11.8 Å². The van der Waals surface area contributed by atoms with Crippen molar-refractivity contribution in [2.24, 2.45) is 5.10 Å². The standard InChI is InChI=1S/C23H20ClN3O3/c1-16-5-7-17(8-6-16)15-30-21-4-2-3-18(13-21)14-25-27-23(29)22(28)26-20-11-9-19(24)10-12-20/h2-14H,15H2,1H3,(H,26,28)(H,27,29). The van der Waals surface area contributed by atoms with Crippen molar-refractivity contribution in [3.63, 3.8) is 0 Å². The molecule has 0 spiro atoms. The molecule has 0 unspecified atom stereocenters. The van der Waals surface area contributed by atoms with Gasteiger partial charge in [-0.25, -0.2) is 5.43 Å². The Balaban J connectivity index is 1.51. The van der Waals surface area contributed by atoms with E-state index in [0.29, 0.717) is 23.1 Å². The van der Waals surface area contributed by atoms with Gasteiger partial charge in [0.25, 0.3) is 0 Å². The molecule has 0 heterocycles. The van der Waals surface area contributed by atoms with E-state index in [4.69, 9.17) is 16.3 Å². The van der Waals surface area contributed by atoms with Gasteiger partial charge in [0.1, 0.15) is 12.4 Å². The highest BCUT2D eigenvalue weighted by Crippen LogP contribution is 2.15. The summed E-state index contributed by atoms with van der Waals surface area (Å²) in [6.07, 6.45) is 1.44. The van der Waals surface area contributed by atoms with Crippen molar-refractivity contribution in [2.45, 2.75) is 13.5 Å². The molecule has 0 saturated heterocycles. The molecular formula is C23H20ClN3O3. The molecule has 0 bridgehead atoms. The fourth-order valence-corrected chi connectivity index (χ4v) is 2.60. The minimum Gasteiger partial charge on any atom is -0.489 e. The quantitative estimate of drug-likeness (QED) is 0.353. The topological polar surface area (TPSA) is 79.8 Å². The van der Waals surface area contributed by atoms with Crippen LogP contribution >= 0.6 is 11.6 Å². The van der Waals surface area contributed by atoms with Crippen molar-refractivity contribution < 1.29 is 14.3 Å². The first-order chi connectivity index (χ1) is 14.5. The first-order valence-electron chi connectivity index (χ1n) is 9.18. The zero-order chi connectivity index (χ0) is 21.3.